The van der Waals surface area contributed by atoms with E-state index in [0.29, 0.717) is 39.5 Å². The van der Waals surface area contributed by atoms with Gasteiger partial charge in [-0.3, -0.25) is 9.88 Å². The average Bonchev–Trinajstić information content (AvgIpc) is 3.51. The maximum atomic E-state index is 14.3. The van der Waals surface area contributed by atoms with Crippen molar-refractivity contribution in [3.8, 4) is 23.0 Å². The number of carbonyl (C=O) groups excluding carboxylic acids is 1. The number of esters is 1. The van der Waals surface area contributed by atoms with Gasteiger partial charge in [0.1, 0.15) is 34.5 Å². The van der Waals surface area contributed by atoms with Crippen molar-refractivity contribution < 1.29 is 31.8 Å². The Bertz CT molecular complexity index is 1650. The van der Waals surface area contributed by atoms with Gasteiger partial charge in [0.25, 0.3) is 0 Å². The maximum absolute atomic E-state index is 14.3. The maximum Gasteiger partial charge on any atom is 0.356 e. The molecule has 3 aromatic heterocycles. The lowest BCUT2D eigenvalue weighted by Gasteiger charge is -2.23. The molecule has 5 aromatic rings. The summed E-state index contributed by atoms with van der Waals surface area (Å²) in [6.07, 6.45) is 2.80. The van der Waals surface area contributed by atoms with Crippen LogP contribution < -0.4 is 9.64 Å². The number of methoxy groups -OCH3 is 1. The number of rotatable bonds is 7. The highest BCUT2D eigenvalue weighted by atomic mass is 19.3. The van der Waals surface area contributed by atoms with Gasteiger partial charge in [-0.15, -0.1) is 0 Å². The highest BCUT2D eigenvalue weighted by Crippen LogP contribution is 2.35. The lowest BCUT2D eigenvalue weighted by atomic mass is 10.3. The minimum absolute atomic E-state index is 0.156. The van der Waals surface area contributed by atoms with E-state index in [2.05, 4.69) is 24.7 Å². The Morgan fingerprint density at radius 1 is 1.05 bits per heavy atom. The molecule has 0 spiro atoms. The van der Waals surface area contributed by atoms with Crippen molar-refractivity contribution in [3.63, 3.8) is 0 Å². The Morgan fingerprint density at radius 3 is 2.61 bits per heavy atom. The lowest BCUT2D eigenvalue weighted by Crippen LogP contribution is -2.27. The molecule has 0 saturated carbocycles. The second-order valence-corrected chi connectivity index (χ2v) is 7.98. The number of anilines is 2. The number of imidazole rings is 2. The Kier molecular flexibility index (Phi) is 6.41. The van der Waals surface area contributed by atoms with Gasteiger partial charge >= 0.3 is 12.5 Å². The molecule has 0 aliphatic heterocycles. The molecule has 0 aliphatic rings. The molecule has 194 valence electrons. The summed E-state index contributed by atoms with van der Waals surface area (Å²) in [6, 6.07) is 10.2. The van der Waals surface area contributed by atoms with Crippen molar-refractivity contribution >= 4 is 28.6 Å². The van der Waals surface area contributed by atoms with E-state index < -0.39 is 29.8 Å². The minimum Gasteiger partial charge on any atom is -0.464 e. The van der Waals surface area contributed by atoms with Gasteiger partial charge in [-0.05, 0) is 30.3 Å². The highest BCUT2D eigenvalue weighted by Gasteiger charge is 2.27. The third kappa shape index (κ3) is 4.61. The number of halogens is 4. The molecule has 0 aliphatic carbocycles. The van der Waals surface area contributed by atoms with Crippen LogP contribution in [0.5, 0.6) is 11.5 Å². The lowest BCUT2D eigenvalue weighted by molar-refractivity contribution is 0.0594. The number of fused-ring (bicyclic) bond motifs is 1. The molecule has 0 saturated heterocycles. The number of nitrogens with one attached hydrogen (secondary N) is 1. The largest absolute Gasteiger partial charge is 0.464 e. The van der Waals surface area contributed by atoms with Gasteiger partial charge in [-0.1, -0.05) is 0 Å². The smallest absolute Gasteiger partial charge is 0.356 e. The van der Waals surface area contributed by atoms with Crippen LogP contribution in [0.1, 0.15) is 10.5 Å². The van der Waals surface area contributed by atoms with Crippen LogP contribution in [0.15, 0.2) is 60.9 Å². The summed E-state index contributed by atoms with van der Waals surface area (Å²) in [5.74, 6) is -1.74. The normalized spacial score (nSPS) is 11.2. The molecular formula is C25H18F4N6O3. The molecule has 0 fully saturated rings. The summed E-state index contributed by atoms with van der Waals surface area (Å²) in [7, 11) is 2.74. The van der Waals surface area contributed by atoms with E-state index in [0.717, 1.165) is 12.1 Å². The number of pyridine rings is 1. The van der Waals surface area contributed by atoms with Crippen molar-refractivity contribution in [2.24, 2.45) is 7.05 Å². The molecule has 2 aromatic carbocycles. The van der Waals surface area contributed by atoms with Gasteiger partial charge in [-0.2, -0.15) is 8.78 Å². The van der Waals surface area contributed by atoms with Crippen molar-refractivity contribution in [1.82, 2.24) is 24.5 Å². The number of nitrogens with zero attached hydrogens (tertiary/aromatic N) is 5. The molecule has 13 heteroatoms. The Labute approximate surface area is 212 Å². The van der Waals surface area contributed by atoms with Crippen LogP contribution >= 0.6 is 0 Å². The van der Waals surface area contributed by atoms with E-state index in [1.165, 1.54) is 37.2 Å². The van der Waals surface area contributed by atoms with Crippen molar-refractivity contribution in [1.29, 1.82) is 0 Å². The average molecular weight is 526 g/mol. The molecule has 1 N–H and O–H groups in total. The third-order valence-electron chi connectivity index (χ3n) is 5.60. The van der Waals surface area contributed by atoms with Gasteiger partial charge in [0.15, 0.2) is 5.82 Å². The zero-order chi connectivity index (χ0) is 27.0. The van der Waals surface area contributed by atoms with E-state index in [4.69, 9.17) is 4.74 Å². The summed E-state index contributed by atoms with van der Waals surface area (Å²) in [5.41, 5.74) is 0.640. The van der Waals surface area contributed by atoms with E-state index in [1.54, 1.807) is 24.3 Å². The summed E-state index contributed by atoms with van der Waals surface area (Å²) in [4.78, 5) is 27.4. The molecule has 0 radical (unpaired) electrons. The first-order chi connectivity index (χ1) is 18.2. The quantitative estimate of drug-likeness (QED) is 0.168. The van der Waals surface area contributed by atoms with Gasteiger partial charge < -0.3 is 19.0 Å². The number of ether oxygens (including phenoxy) is 2. The number of aryl methyl sites for hydroxylation is 1. The van der Waals surface area contributed by atoms with Gasteiger partial charge in [0.2, 0.25) is 5.95 Å². The van der Waals surface area contributed by atoms with E-state index in [9.17, 15) is 22.4 Å². The first-order valence-corrected chi connectivity index (χ1v) is 11.0. The molecule has 38 heavy (non-hydrogen) atoms. The standard InChI is InChI=1S/C25H18F4N6O3/c1-34-20-6-4-14(38-15-7-8-30-18(11-15)22-31-12-19(32-22)23(36)37-2)10-17(20)33-25(34)35(24(28)29)21-9-13(26)3-5-16(21)27/h3-12,24H,1-2H3,(H,31,32). The van der Waals surface area contributed by atoms with Crippen LogP contribution in [0, 0.1) is 11.6 Å². The summed E-state index contributed by atoms with van der Waals surface area (Å²) in [6.45, 7) is -3.20. The first-order valence-electron chi connectivity index (χ1n) is 11.0. The number of aromatic nitrogens is 5. The Balaban J connectivity index is 1.46. The molecule has 5 rings (SSSR count). The van der Waals surface area contributed by atoms with Gasteiger partial charge in [0, 0.05) is 31.4 Å². The predicted molar refractivity (Wildman–Crippen MR) is 128 cm³/mol. The third-order valence-corrected chi connectivity index (χ3v) is 5.60. The van der Waals surface area contributed by atoms with E-state index >= 15 is 0 Å². The Morgan fingerprint density at radius 2 is 1.84 bits per heavy atom. The summed E-state index contributed by atoms with van der Waals surface area (Å²) >= 11 is 0. The molecule has 0 atom stereocenters. The van der Waals surface area contributed by atoms with Crippen LogP contribution in [0.2, 0.25) is 0 Å². The molecule has 0 unspecified atom stereocenters. The predicted octanol–water partition coefficient (Wildman–Crippen LogP) is 5.58. The fourth-order valence-corrected chi connectivity index (χ4v) is 3.82. The van der Waals surface area contributed by atoms with Crippen molar-refractivity contribution in [2.75, 3.05) is 12.0 Å². The molecule has 3 heterocycles. The van der Waals surface area contributed by atoms with Crippen molar-refractivity contribution in [3.05, 3.63) is 78.3 Å². The number of aromatic amines is 1. The SMILES string of the molecule is COC(=O)c1cnc(-c2cc(Oc3ccc4c(c3)nc(N(c3cc(F)ccc3F)C(F)F)n4C)ccn2)[nH]1. The van der Waals surface area contributed by atoms with Gasteiger partial charge in [-0.25, -0.2) is 23.5 Å². The zero-order valence-corrected chi connectivity index (χ0v) is 19.8. The van der Waals surface area contributed by atoms with Crippen LogP contribution in [0.4, 0.5) is 29.2 Å². The summed E-state index contributed by atoms with van der Waals surface area (Å²) in [5, 5.41) is 0. The van der Waals surface area contributed by atoms with E-state index in [1.807, 2.05) is 0 Å². The number of hydrogen-bond donors (Lipinski definition) is 1. The van der Waals surface area contributed by atoms with Crippen LogP contribution in [0.3, 0.4) is 0 Å². The number of alkyl halides is 2. The number of H-pyrrole nitrogens is 1. The molecule has 0 bridgehead atoms. The first kappa shape index (κ1) is 24.7. The highest BCUT2D eigenvalue weighted by molar-refractivity contribution is 5.87. The van der Waals surface area contributed by atoms with Crippen LogP contribution in [0.25, 0.3) is 22.6 Å². The minimum atomic E-state index is -3.20. The number of carbonyl (C=O) groups is 1. The fourth-order valence-electron chi connectivity index (χ4n) is 3.82. The molecule has 9 nitrogen and oxygen atoms in total. The van der Waals surface area contributed by atoms with Crippen LogP contribution in [-0.2, 0) is 11.8 Å². The second-order valence-electron chi connectivity index (χ2n) is 7.98. The second kappa shape index (κ2) is 9.84. The van der Waals surface area contributed by atoms with Gasteiger partial charge in [0.05, 0.1) is 30.0 Å². The molecular weight excluding hydrogens is 508 g/mol. The number of hydrogen-bond acceptors (Lipinski definition) is 7. The topological polar surface area (TPSA) is 98.2 Å². The molecule has 0 amide bonds. The zero-order valence-electron chi connectivity index (χ0n) is 19.8. The fraction of sp³-hybridized carbons (Fsp3) is 0.120. The monoisotopic (exact) mass is 526 g/mol. The number of benzene rings is 2. The summed E-state index contributed by atoms with van der Waals surface area (Å²) < 4.78 is 68.0. The van der Waals surface area contributed by atoms with Crippen LogP contribution in [-0.4, -0.2) is 44.1 Å². The Hall–Kier alpha value is -4.94. The van der Waals surface area contributed by atoms with E-state index in [-0.39, 0.29) is 17.2 Å². The van der Waals surface area contributed by atoms with Crippen molar-refractivity contribution in [2.45, 2.75) is 6.55 Å².